The smallest absolute Gasteiger partial charge is 0.281 e. The molecule has 0 radical (unpaired) electrons. The fourth-order valence-electron chi connectivity index (χ4n) is 3.56. The quantitative estimate of drug-likeness (QED) is 0.477. The standard InChI is InChI=1S/C19H30N4O8S2/c1-21(2)33(27,28)22-11-12-23(32(25,26)16-9-7-15(29-3)8-10-16)17(14-22)19(24)20-31-18-6-4-5-13-30-18/h7-10,17-18H,4-6,11-14H2,1-3H3,(H,20,24)/t17-,18?/m1/s1. The second-order valence-electron chi connectivity index (χ2n) is 7.84. The Kier molecular flexibility index (Phi) is 8.31. The summed E-state index contributed by atoms with van der Waals surface area (Å²) >= 11 is 0. The van der Waals surface area contributed by atoms with Gasteiger partial charge in [-0.15, -0.1) is 0 Å². The van der Waals surface area contributed by atoms with Gasteiger partial charge in [0.1, 0.15) is 11.8 Å². The van der Waals surface area contributed by atoms with Crippen LogP contribution >= 0.6 is 0 Å². The van der Waals surface area contributed by atoms with Crippen LogP contribution in [0.1, 0.15) is 19.3 Å². The van der Waals surface area contributed by atoms with Crippen LogP contribution in [0.4, 0.5) is 0 Å². The van der Waals surface area contributed by atoms with Crippen molar-refractivity contribution in [2.45, 2.75) is 36.5 Å². The van der Waals surface area contributed by atoms with Crippen molar-refractivity contribution >= 4 is 26.1 Å². The summed E-state index contributed by atoms with van der Waals surface area (Å²) in [6.07, 6.45) is 1.71. The Morgan fingerprint density at radius 1 is 1.12 bits per heavy atom. The first-order valence-electron chi connectivity index (χ1n) is 10.5. The molecule has 1 aromatic carbocycles. The zero-order valence-corrected chi connectivity index (χ0v) is 20.5. The molecule has 1 unspecified atom stereocenters. The maximum atomic E-state index is 13.4. The lowest BCUT2D eigenvalue weighted by Gasteiger charge is -2.39. The Labute approximate surface area is 194 Å². The Bertz CT molecular complexity index is 1020. The van der Waals surface area contributed by atoms with Crippen molar-refractivity contribution in [3.05, 3.63) is 24.3 Å². The van der Waals surface area contributed by atoms with Gasteiger partial charge in [-0.1, -0.05) is 0 Å². The second-order valence-corrected chi connectivity index (χ2v) is 11.9. The van der Waals surface area contributed by atoms with E-state index < -0.39 is 38.5 Å². The monoisotopic (exact) mass is 506 g/mol. The molecule has 3 rings (SSSR count). The van der Waals surface area contributed by atoms with Crippen LogP contribution in [0.5, 0.6) is 5.75 Å². The molecule has 1 amide bonds. The molecule has 2 atom stereocenters. The molecule has 1 aromatic rings. The summed E-state index contributed by atoms with van der Waals surface area (Å²) in [4.78, 5) is 18.3. The Morgan fingerprint density at radius 3 is 2.39 bits per heavy atom. The third kappa shape index (κ3) is 5.82. The molecule has 2 aliphatic heterocycles. The number of nitrogens with zero attached hydrogens (tertiary/aromatic N) is 3. The van der Waals surface area contributed by atoms with Crippen LogP contribution < -0.4 is 10.2 Å². The molecule has 186 valence electrons. The summed E-state index contributed by atoms with van der Waals surface area (Å²) < 4.78 is 65.6. The van der Waals surface area contributed by atoms with Gasteiger partial charge in [-0.25, -0.2) is 18.7 Å². The van der Waals surface area contributed by atoms with E-state index in [9.17, 15) is 21.6 Å². The van der Waals surface area contributed by atoms with Gasteiger partial charge in [0.15, 0.2) is 6.29 Å². The van der Waals surface area contributed by atoms with E-state index in [1.807, 2.05) is 0 Å². The van der Waals surface area contributed by atoms with E-state index in [4.69, 9.17) is 14.3 Å². The number of rotatable bonds is 8. The fourth-order valence-corrected chi connectivity index (χ4v) is 6.24. The van der Waals surface area contributed by atoms with Gasteiger partial charge in [-0.05, 0) is 37.1 Å². The van der Waals surface area contributed by atoms with Crippen molar-refractivity contribution < 1.29 is 35.9 Å². The van der Waals surface area contributed by atoms with Gasteiger partial charge in [0.25, 0.3) is 16.1 Å². The van der Waals surface area contributed by atoms with E-state index in [1.165, 1.54) is 45.5 Å². The number of methoxy groups -OCH3 is 1. The minimum Gasteiger partial charge on any atom is -0.497 e. The molecule has 2 saturated heterocycles. The number of hydroxylamine groups is 1. The summed E-state index contributed by atoms with van der Waals surface area (Å²) in [5.74, 6) is -0.300. The van der Waals surface area contributed by atoms with E-state index in [1.54, 1.807) is 0 Å². The number of amides is 1. The second kappa shape index (κ2) is 10.6. The van der Waals surface area contributed by atoms with Crippen LogP contribution in [0.3, 0.4) is 0 Å². The van der Waals surface area contributed by atoms with E-state index in [-0.39, 0.29) is 24.5 Å². The first-order chi connectivity index (χ1) is 15.6. The number of carbonyl (C=O) groups is 1. The van der Waals surface area contributed by atoms with Crippen LogP contribution in [0, 0.1) is 0 Å². The number of piperazine rings is 1. The lowest BCUT2D eigenvalue weighted by Crippen LogP contribution is -2.62. The first kappa shape index (κ1) is 25.8. The molecule has 14 heteroatoms. The highest BCUT2D eigenvalue weighted by atomic mass is 32.2. The number of benzene rings is 1. The molecule has 0 saturated carbocycles. The van der Waals surface area contributed by atoms with Crippen LogP contribution in [-0.4, -0.2) is 95.4 Å². The molecule has 2 heterocycles. The minimum absolute atomic E-state index is 0.0402. The predicted octanol–water partition coefficient (Wildman–Crippen LogP) is -0.249. The van der Waals surface area contributed by atoms with Crippen molar-refractivity contribution in [1.29, 1.82) is 0 Å². The molecule has 0 aliphatic carbocycles. The summed E-state index contributed by atoms with van der Waals surface area (Å²) in [6.45, 7) is -0.181. The Balaban J connectivity index is 1.85. The summed E-state index contributed by atoms with van der Waals surface area (Å²) in [6, 6.07) is 4.40. The van der Waals surface area contributed by atoms with E-state index >= 15 is 0 Å². The average Bonchev–Trinajstić information content (AvgIpc) is 2.82. The fraction of sp³-hybridized carbons (Fsp3) is 0.632. The average molecular weight is 507 g/mol. The molecule has 12 nitrogen and oxygen atoms in total. The number of carbonyl (C=O) groups excluding carboxylic acids is 1. The molecule has 2 aliphatic rings. The van der Waals surface area contributed by atoms with Crippen molar-refractivity contribution in [3.63, 3.8) is 0 Å². The molecule has 1 N–H and O–H groups in total. The molecular weight excluding hydrogens is 476 g/mol. The zero-order valence-electron chi connectivity index (χ0n) is 18.8. The number of nitrogens with one attached hydrogen (secondary N) is 1. The van der Waals surface area contributed by atoms with Gasteiger partial charge >= 0.3 is 0 Å². The molecule has 33 heavy (non-hydrogen) atoms. The summed E-state index contributed by atoms with van der Waals surface area (Å²) in [5, 5.41) is 0. The van der Waals surface area contributed by atoms with Crippen LogP contribution in [0.15, 0.2) is 29.2 Å². The van der Waals surface area contributed by atoms with Crippen molar-refractivity contribution in [1.82, 2.24) is 18.4 Å². The highest BCUT2D eigenvalue weighted by Crippen LogP contribution is 2.25. The van der Waals surface area contributed by atoms with E-state index in [0.717, 1.165) is 25.8 Å². The maximum absolute atomic E-state index is 13.4. The first-order valence-corrected chi connectivity index (χ1v) is 13.3. The topological polar surface area (TPSA) is 135 Å². The highest BCUT2D eigenvalue weighted by Gasteiger charge is 2.44. The van der Waals surface area contributed by atoms with Crippen molar-refractivity contribution in [2.24, 2.45) is 0 Å². The van der Waals surface area contributed by atoms with Gasteiger partial charge in [0.2, 0.25) is 10.0 Å². The number of sulfonamides is 1. The molecule has 0 bridgehead atoms. The summed E-state index contributed by atoms with van der Waals surface area (Å²) in [7, 11) is -3.78. The molecular formula is C19H30N4O8S2. The maximum Gasteiger partial charge on any atom is 0.281 e. The van der Waals surface area contributed by atoms with Gasteiger partial charge in [-0.2, -0.15) is 21.3 Å². The number of hydrogen-bond acceptors (Lipinski definition) is 8. The Hall–Kier alpha value is -1.81. The largest absolute Gasteiger partial charge is 0.497 e. The SMILES string of the molecule is COc1ccc(S(=O)(=O)N2CCN(S(=O)(=O)N(C)C)C[C@@H]2C(=O)NOC2CCCCO2)cc1. The molecule has 0 spiro atoms. The minimum atomic E-state index is -4.12. The van der Waals surface area contributed by atoms with Crippen LogP contribution in [0.25, 0.3) is 0 Å². The predicted molar refractivity (Wildman–Crippen MR) is 118 cm³/mol. The van der Waals surface area contributed by atoms with E-state index in [0.29, 0.717) is 18.8 Å². The number of ether oxygens (including phenoxy) is 2. The number of hydrogen-bond donors (Lipinski definition) is 1. The third-order valence-electron chi connectivity index (χ3n) is 5.48. The molecule has 0 aromatic heterocycles. The van der Waals surface area contributed by atoms with Gasteiger partial charge in [0, 0.05) is 46.8 Å². The summed E-state index contributed by atoms with van der Waals surface area (Å²) in [5.41, 5.74) is 2.27. The normalized spacial score (nSPS) is 23.4. The van der Waals surface area contributed by atoms with Gasteiger partial charge in [-0.3, -0.25) is 4.79 Å². The third-order valence-corrected chi connectivity index (χ3v) is 9.31. The van der Waals surface area contributed by atoms with Crippen LogP contribution in [-0.2, 0) is 34.6 Å². The van der Waals surface area contributed by atoms with Crippen LogP contribution in [0.2, 0.25) is 0 Å². The highest BCUT2D eigenvalue weighted by molar-refractivity contribution is 7.89. The van der Waals surface area contributed by atoms with Gasteiger partial charge < -0.3 is 9.47 Å². The zero-order chi connectivity index (χ0) is 24.2. The lowest BCUT2D eigenvalue weighted by atomic mass is 10.2. The Morgan fingerprint density at radius 2 is 1.82 bits per heavy atom. The van der Waals surface area contributed by atoms with Crippen molar-refractivity contribution in [2.75, 3.05) is 47.4 Å². The van der Waals surface area contributed by atoms with Gasteiger partial charge in [0.05, 0.1) is 12.0 Å². The van der Waals surface area contributed by atoms with Crippen molar-refractivity contribution in [3.8, 4) is 5.75 Å². The van der Waals surface area contributed by atoms with E-state index in [2.05, 4.69) is 5.48 Å². The molecule has 2 fully saturated rings. The lowest BCUT2D eigenvalue weighted by molar-refractivity contribution is -0.202.